The molecule has 0 bridgehead atoms. The second-order valence-electron chi connectivity index (χ2n) is 5.27. The van der Waals surface area contributed by atoms with Gasteiger partial charge in [0.25, 0.3) is 0 Å². The third-order valence-electron chi connectivity index (χ3n) is 3.63. The molecule has 4 heteroatoms. The van der Waals surface area contributed by atoms with Crippen LogP contribution in [0.2, 0.25) is 5.02 Å². The highest BCUT2D eigenvalue weighted by molar-refractivity contribution is 6.31. The fourth-order valence-corrected chi connectivity index (χ4v) is 2.79. The van der Waals surface area contributed by atoms with Crippen LogP contribution in [-0.4, -0.2) is 33.9 Å². The van der Waals surface area contributed by atoms with Crippen LogP contribution in [0.3, 0.4) is 0 Å². The maximum absolute atomic E-state index is 6.30. The van der Waals surface area contributed by atoms with Crippen molar-refractivity contribution in [2.75, 3.05) is 38.8 Å². The van der Waals surface area contributed by atoms with Crippen LogP contribution in [0, 0.1) is 5.92 Å². The van der Waals surface area contributed by atoms with Gasteiger partial charge < -0.3 is 15.0 Å². The van der Waals surface area contributed by atoms with Crippen LogP contribution in [0.1, 0.15) is 18.4 Å². The van der Waals surface area contributed by atoms with E-state index in [2.05, 4.69) is 35.5 Å². The van der Waals surface area contributed by atoms with Gasteiger partial charge in [-0.25, -0.2) is 0 Å². The van der Waals surface area contributed by atoms with E-state index in [9.17, 15) is 0 Å². The van der Waals surface area contributed by atoms with Crippen LogP contribution < -0.4 is 10.2 Å². The van der Waals surface area contributed by atoms with E-state index in [4.69, 9.17) is 16.3 Å². The molecule has 1 saturated heterocycles. The van der Waals surface area contributed by atoms with Gasteiger partial charge in [-0.2, -0.15) is 0 Å². The lowest BCUT2D eigenvalue weighted by molar-refractivity contribution is 0.0576. The Labute approximate surface area is 120 Å². The summed E-state index contributed by atoms with van der Waals surface area (Å²) in [5.74, 6) is 0.634. The van der Waals surface area contributed by atoms with E-state index in [0.717, 1.165) is 36.9 Å². The van der Waals surface area contributed by atoms with E-state index in [1.54, 1.807) is 0 Å². The third-order valence-corrected chi connectivity index (χ3v) is 3.98. The Morgan fingerprint density at radius 1 is 1.47 bits per heavy atom. The van der Waals surface area contributed by atoms with Crippen LogP contribution in [0.5, 0.6) is 0 Å². The molecule has 0 aliphatic carbocycles. The number of anilines is 1. The highest BCUT2D eigenvalue weighted by Crippen LogP contribution is 2.24. The minimum atomic E-state index is 0.634. The Hall–Kier alpha value is -0.770. The Bertz CT molecular complexity index is 405. The summed E-state index contributed by atoms with van der Waals surface area (Å²) in [6.45, 7) is 3.64. The molecule has 1 N–H and O–H groups in total. The van der Waals surface area contributed by atoms with E-state index >= 15 is 0 Å². The maximum atomic E-state index is 6.30. The number of hydrogen-bond acceptors (Lipinski definition) is 3. The number of nitrogens with one attached hydrogen (secondary N) is 1. The summed E-state index contributed by atoms with van der Waals surface area (Å²) in [5, 5.41) is 3.96. The number of rotatable bonds is 5. The summed E-state index contributed by atoms with van der Waals surface area (Å²) in [5.41, 5.74) is 2.32. The minimum Gasteiger partial charge on any atom is -0.381 e. The largest absolute Gasteiger partial charge is 0.381 e. The predicted octanol–water partition coefficient (Wildman–Crippen LogP) is 2.92. The Balaban J connectivity index is 1.98. The molecule has 1 aliphatic rings. The van der Waals surface area contributed by atoms with Gasteiger partial charge >= 0.3 is 0 Å². The van der Waals surface area contributed by atoms with Crippen LogP contribution in [0.4, 0.5) is 5.69 Å². The first-order chi connectivity index (χ1) is 9.20. The average Bonchev–Trinajstić information content (AvgIpc) is 2.42. The number of nitrogens with zero attached hydrogens (tertiary/aromatic N) is 1. The summed E-state index contributed by atoms with van der Waals surface area (Å²) < 4.78 is 5.53. The predicted molar refractivity (Wildman–Crippen MR) is 81.0 cm³/mol. The normalized spacial score (nSPS) is 19.4. The molecule has 1 aromatic rings. The molecular formula is C15H23ClN2O. The van der Waals surface area contributed by atoms with Crippen molar-refractivity contribution in [2.45, 2.75) is 19.4 Å². The zero-order valence-corrected chi connectivity index (χ0v) is 12.5. The molecule has 106 valence electrons. The number of benzene rings is 1. The van der Waals surface area contributed by atoms with Gasteiger partial charge in [-0.15, -0.1) is 0 Å². The van der Waals surface area contributed by atoms with Crippen LogP contribution >= 0.6 is 11.6 Å². The lowest BCUT2D eigenvalue weighted by Gasteiger charge is -2.28. The first kappa shape index (κ1) is 14.6. The lowest BCUT2D eigenvalue weighted by atomic mass is 10.0. The number of hydrogen-bond donors (Lipinski definition) is 1. The van der Waals surface area contributed by atoms with Gasteiger partial charge in [0.05, 0.1) is 6.61 Å². The maximum Gasteiger partial charge on any atom is 0.0511 e. The molecule has 1 fully saturated rings. The Kier molecular flexibility index (Phi) is 5.49. The molecule has 19 heavy (non-hydrogen) atoms. The van der Waals surface area contributed by atoms with Crippen molar-refractivity contribution in [1.82, 2.24) is 5.32 Å². The minimum absolute atomic E-state index is 0.634. The monoisotopic (exact) mass is 282 g/mol. The quantitative estimate of drug-likeness (QED) is 0.899. The van der Waals surface area contributed by atoms with Crippen LogP contribution in [0.25, 0.3) is 0 Å². The van der Waals surface area contributed by atoms with Crippen molar-refractivity contribution >= 4 is 17.3 Å². The molecule has 1 unspecified atom stereocenters. The smallest absolute Gasteiger partial charge is 0.0511 e. The van der Waals surface area contributed by atoms with Gasteiger partial charge in [0.15, 0.2) is 0 Å². The van der Waals surface area contributed by atoms with Crippen LogP contribution in [0.15, 0.2) is 18.2 Å². The van der Waals surface area contributed by atoms with Gasteiger partial charge in [-0.3, -0.25) is 0 Å². The standard InChI is InChI=1S/C15H23ClN2O/c1-17-9-13-5-6-14(8-15(13)16)18(2)10-12-4-3-7-19-11-12/h5-6,8,12,17H,3-4,7,9-11H2,1-2H3. The van der Waals surface area contributed by atoms with E-state index in [-0.39, 0.29) is 0 Å². The van der Waals surface area contributed by atoms with Crippen molar-refractivity contribution in [3.05, 3.63) is 28.8 Å². The molecular weight excluding hydrogens is 260 g/mol. The van der Waals surface area contributed by atoms with E-state index in [1.807, 2.05) is 7.05 Å². The summed E-state index contributed by atoms with van der Waals surface area (Å²) in [4.78, 5) is 2.27. The zero-order chi connectivity index (χ0) is 13.7. The van der Waals surface area contributed by atoms with Crippen molar-refractivity contribution in [3.63, 3.8) is 0 Å². The lowest BCUT2D eigenvalue weighted by Crippen LogP contribution is -2.30. The highest BCUT2D eigenvalue weighted by atomic mass is 35.5. The molecule has 1 heterocycles. The molecule has 1 aromatic carbocycles. The molecule has 1 aliphatic heterocycles. The van der Waals surface area contributed by atoms with E-state index in [1.165, 1.54) is 18.5 Å². The topological polar surface area (TPSA) is 24.5 Å². The van der Waals surface area contributed by atoms with Crippen molar-refractivity contribution in [2.24, 2.45) is 5.92 Å². The summed E-state index contributed by atoms with van der Waals surface area (Å²) in [6, 6.07) is 6.29. The third kappa shape index (κ3) is 4.10. The molecule has 0 spiro atoms. The van der Waals surface area contributed by atoms with Gasteiger partial charge in [0.1, 0.15) is 0 Å². The zero-order valence-electron chi connectivity index (χ0n) is 11.8. The van der Waals surface area contributed by atoms with E-state index < -0.39 is 0 Å². The highest BCUT2D eigenvalue weighted by Gasteiger charge is 2.16. The summed E-state index contributed by atoms with van der Waals surface area (Å²) >= 11 is 6.30. The number of ether oxygens (including phenoxy) is 1. The number of halogens is 1. The van der Waals surface area contributed by atoms with Gasteiger partial charge in [-0.05, 0) is 43.5 Å². The molecule has 1 atom stereocenters. The van der Waals surface area contributed by atoms with E-state index in [0.29, 0.717) is 5.92 Å². The fourth-order valence-electron chi connectivity index (χ4n) is 2.55. The van der Waals surface area contributed by atoms with Crippen molar-refractivity contribution < 1.29 is 4.74 Å². The van der Waals surface area contributed by atoms with Gasteiger partial charge in [0, 0.05) is 37.5 Å². The first-order valence-electron chi connectivity index (χ1n) is 6.92. The molecule has 0 saturated carbocycles. The Morgan fingerprint density at radius 3 is 2.95 bits per heavy atom. The van der Waals surface area contributed by atoms with Crippen molar-refractivity contribution in [3.8, 4) is 0 Å². The first-order valence-corrected chi connectivity index (χ1v) is 7.30. The van der Waals surface area contributed by atoms with Crippen molar-refractivity contribution in [1.29, 1.82) is 0 Å². The Morgan fingerprint density at radius 2 is 2.32 bits per heavy atom. The van der Waals surface area contributed by atoms with Gasteiger partial charge in [-0.1, -0.05) is 17.7 Å². The van der Waals surface area contributed by atoms with Crippen LogP contribution in [-0.2, 0) is 11.3 Å². The average molecular weight is 283 g/mol. The molecule has 2 rings (SSSR count). The summed E-state index contributed by atoms with van der Waals surface area (Å²) in [6.07, 6.45) is 2.44. The SMILES string of the molecule is CNCc1ccc(N(C)CC2CCCOC2)cc1Cl. The molecule has 0 amide bonds. The summed E-state index contributed by atoms with van der Waals surface area (Å²) in [7, 11) is 4.05. The second-order valence-corrected chi connectivity index (χ2v) is 5.68. The second kappa shape index (κ2) is 7.13. The molecule has 3 nitrogen and oxygen atoms in total. The fraction of sp³-hybridized carbons (Fsp3) is 0.600. The van der Waals surface area contributed by atoms with Gasteiger partial charge in [0.2, 0.25) is 0 Å². The molecule has 0 aromatic heterocycles. The molecule has 0 radical (unpaired) electrons.